The number of ether oxygens (including phenoxy) is 1. The zero-order valence-corrected chi connectivity index (χ0v) is 23.1. The number of rotatable bonds is 9. The summed E-state index contributed by atoms with van der Waals surface area (Å²) in [5.74, 6) is 1.49. The second kappa shape index (κ2) is 11.8. The highest BCUT2D eigenvalue weighted by Crippen LogP contribution is 2.35. The van der Waals surface area contributed by atoms with E-state index in [1.807, 2.05) is 36.4 Å². The highest BCUT2D eigenvalue weighted by atomic mass is 16.5. The Bertz CT molecular complexity index is 1090. The summed E-state index contributed by atoms with van der Waals surface area (Å²) in [5.41, 5.74) is 1.22. The molecule has 0 radical (unpaired) electrons. The molecule has 3 aliphatic rings. The molecule has 7 heteroatoms. The number of aliphatic hydroxyl groups excluding tert-OH is 1. The maximum absolute atomic E-state index is 13.1. The first-order valence-electron chi connectivity index (χ1n) is 14.4. The van der Waals surface area contributed by atoms with Crippen LogP contribution >= 0.6 is 0 Å². The van der Waals surface area contributed by atoms with Gasteiger partial charge in [-0.05, 0) is 48.1 Å². The monoisotopic (exact) mass is 521 g/mol. The van der Waals surface area contributed by atoms with Gasteiger partial charge in [0.2, 0.25) is 0 Å². The summed E-state index contributed by atoms with van der Waals surface area (Å²) in [4.78, 5) is 32.3. The van der Waals surface area contributed by atoms with E-state index in [1.54, 1.807) is 0 Å². The Morgan fingerprint density at radius 1 is 0.921 bits per heavy atom. The molecule has 5 rings (SSSR count). The van der Waals surface area contributed by atoms with Crippen molar-refractivity contribution in [2.24, 2.45) is 17.8 Å². The van der Waals surface area contributed by atoms with Crippen LogP contribution in [0.1, 0.15) is 60.7 Å². The van der Waals surface area contributed by atoms with E-state index in [0.717, 1.165) is 43.4 Å². The molecule has 7 nitrogen and oxygen atoms in total. The van der Waals surface area contributed by atoms with E-state index >= 15 is 0 Å². The third kappa shape index (κ3) is 5.81. The molecule has 4 atom stereocenters. The van der Waals surface area contributed by atoms with Gasteiger partial charge in [0.1, 0.15) is 0 Å². The van der Waals surface area contributed by atoms with Crippen LogP contribution < -0.4 is 0 Å². The zero-order valence-electron chi connectivity index (χ0n) is 23.1. The first-order valence-corrected chi connectivity index (χ1v) is 14.4. The molecule has 206 valence electrons. The van der Waals surface area contributed by atoms with Crippen LogP contribution in [0.2, 0.25) is 0 Å². The summed E-state index contributed by atoms with van der Waals surface area (Å²) in [5, 5.41) is 12.4. The van der Waals surface area contributed by atoms with Crippen LogP contribution in [0.3, 0.4) is 0 Å². The van der Waals surface area contributed by atoms with Gasteiger partial charge in [0.25, 0.3) is 11.8 Å². The van der Waals surface area contributed by atoms with Crippen molar-refractivity contribution in [2.75, 3.05) is 52.4 Å². The number of piperazine rings is 1. The molecule has 0 aromatic heterocycles. The van der Waals surface area contributed by atoms with Crippen molar-refractivity contribution in [1.82, 2.24) is 14.7 Å². The molecule has 1 aliphatic carbocycles. The molecular formula is C31H43N3O4. The fraction of sp³-hybridized carbons (Fsp3) is 0.613. The van der Waals surface area contributed by atoms with E-state index in [4.69, 9.17) is 4.74 Å². The summed E-state index contributed by atoms with van der Waals surface area (Å²) >= 11 is 0. The fourth-order valence-electron chi connectivity index (χ4n) is 6.61. The number of imide groups is 1. The molecule has 0 unspecified atom stereocenters. The average Bonchev–Trinajstić information content (AvgIpc) is 2.91. The molecule has 1 N–H and O–H groups in total. The molecule has 2 heterocycles. The lowest BCUT2D eigenvalue weighted by Gasteiger charge is -2.38. The van der Waals surface area contributed by atoms with Crippen LogP contribution in [0.15, 0.2) is 36.4 Å². The van der Waals surface area contributed by atoms with Crippen molar-refractivity contribution in [1.29, 1.82) is 0 Å². The smallest absolute Gasteiger partial charge is 0.261 e. The Hall–Kier alpha value is -2.32. The zero-order chi connectivity index (χ0) is 26.8. The Labute approximate surface area is 226 Å². The van der Waals surface area contributed by atoms with Crippen LogP contribution in [0.25, 0.3) is 10.8 Å². The van der Waals surface area contributed by atoms with Gasteiger partial charge in [0.05, 0.1) is 18.8 Å². The molecule has 0 bridgehead atoms. The maximum Gasteiger partial charge on any atom is 0.261 e. The van der Waals surface area contributed by atoms with Crippen LogP contribution in [0.4, 0.5) is 0 Å². The first-order chi connectivity index (χ1) is 18.3. The molecular weight excluding hydrogens is 478 g/mol. The van der Waals surface area contributed by atoms with Crippen molar-refractivity contribution in [3.63, 3.8) is 0 Å². The lowest BCUT2D eigenvalue weighted by molar-refractivity contribution is -0.0754. The summed E-state index contributed by atoms with van der Waals surface area (Å²) in [6, 6.07) is 11.3. The van der Waals surface area contributed by atoms with Crippen molar-refractivity contribution in [3.05, 3.63) is 47.5 Å². The number of hydrogen-bond acceptors (Lipinski definition) is 6. The number of nitrogens with zero attached hydrogens (tertiary/aromatic N) is 3. The van der Waals surface area contributed by atoms with Gasteiger partial charge in [-0.3, -0.25) is 24.3 Å². The minimum Gasteiger partial charge on any atom is -0.389 e. The van der Waals surface area contributed by atoms with Gasteiger partial charge in [-0.15, -0.1) is 0 Å². The third-order valence-corrected chi connectivity index (χ3v) is 8.89. The Balaban J connectivity index is 1.07. The summed E-state index contributed by atoms with van der Waals surface area (Å²) in [6.45, 7) is 12.3. The lowest BCUT2D eigenvalue weighted by atomic mass is 9.75. The highest BCUT2D eigenvalue weighted by molar-refractivity contribution is 6.25. The van der Waals surface area contributed by atoms with Gasteiger partial charge in [0, 0.05) is 62.3 Å². The fourth-order valence-corrected chi connectivity index (χ4v) is 6.61. The Morgan fingerprint density at radius 3 is 2.18 bits per heavy atom. The average molecular weight is 522 g/mol. The predicted molar refractivity (Wildman–Crippen MR) is 149 cm³/mol. The largest absolute Gasteiger partial charge is 0.389 e. The van der Waals surface area contributed by atoms with Gasteiger partial charge in [-0.25, -0.2) is 0 Å². The molecule has 2 aliphatic heterocycles. The number of carbonyl (C=O) groups excluding carboxylic acids is 2. The first kappa shape index (κ1) is 27.3. The van der Waals surface area contributed by atoms with E-state index in [9.17, 15) is 14.7 Å². The van der Waals surface area contributed by atoms with Crippen LogP contribution in [-0.4, -0.2) is 96.2 Å². The van der Waals surface area contributed by atoms with E-state index in [2.05, 4.69) is 30.6 Å². The standard InChI is InChI=1S/C31H43N3O4/c1-21(2)25-11-10-22(3)18-28(25)38-20-24(35)19-33-14-12-32(13-15-33)16-17-34-30(36)26-8-4-6-23-7-5-9-27(29(23)26)31(34)37/h4-9,21-22,24-25,28,35H,10-20H2,1-3H3/t22-,24-,25-,28+/m1/s1. The molecule has 2 fully saturated rings. The van der Waals surface area contributed by atoms with Crippen LogP contribution in [-0.2, 0) is 4.74 Å². The van der Waals surface area contributed by atoms with Gasteiger partial charge in [0.15, 0.2) is 0 Å². The van der Waals surface area contributed by atoms with E-state index in [0.29, 0.717) is 55.1 Å². The molecule has 2 aromatic rings. The van der Waals surface area contributed by atoms with Crippen LogP contribution in [0.5, 0.6) is 0 Å². The normalized spacial score (nSPS) is 25.9. The van der Waals surface area contributed by atoms with E-state index in [1.165, 1.54) is 17.7 Å². The van der Waals surface area contributed by atoms with Crippen molar-refractivity contribution in [2.45, 2.75) is 52.2 Å². The number of hydrogen-bond donors (Lipinski definition) is 1. The minimum atomic E-state index is -0.488. The maximum atomic E-state index is 13.1. The van der Waals surface area contributed by atoms with Gasteiger partial charge < -0.3 is 9.84 Å². The number of amides is 2. The Kier molecular flexibility index (Phi) is 8.48. The number of carbonyl (C=O) groups is 2. The number of aliphatic hydroxyl groups is 1. The van der Waals surface area contributed by atoms with E-state index < -0.39 is 6.10 Å². The SMILES string of the molecule is CC(C)[C@H]1CC[C@@H](C)C[C@@H]1OC[C@H](O)CN1CCN(CCN2C(=O)c3cccc4cccc(c34)C2=O)CC1. The molecule has 0 spiro atoms. The van der Waals surface area contributed by atoms with Crippen molar-refractivity contribution < 1.29 is 19.4 Å². The summed E-state index contributed by atoms with van der Waals surface area (Å²) in [7, 11) is 0. The number of β-amino-alcohol motifs (C(OH)–C–C–N with tert-alkyl or cyclic N) is 1. The van der Waals surface area contributed by atoms with Crippen molar-refractivity contribution in [3.8, 4) is 0 Å². The second-order valence-corrected chi connectivity index (χ2v) is 12.0. The van der Waals surface area contributed by atoms with Crippen molar-refractivity contribution >= 4 is 22.6 Å². The molecule has 2 amide bonds. The third-order valence-electron chi connectivity index (χ3n) is 8.89. The second-order valence-electron chi connectivity index (χ2n) is 12.0. The van der Waals surface area contributed by atoms with Gasteiger partial charge in [-0.2, -0.15) is 0 Å². The topological polar surface area (TPSA) is 73.3 Å². The summed E-state index contributed by atoms with van der Waals surface area (Å²) in [6.07, 6.45) is 3.36. The quantitative estimate of drug-likeness (QED) is 0.505. The molecule has 1 saturated heterocycles. The summed E-state index contributed by atoms with van der Waals surface area (Å²) < 4.78 is 6.27. The minimum absolute atomic E-state index is 0.201. The predicted octanol–water partition coefficient (Wildman–Crippen LogP) is 3.89. The lowest BCUT2D eigenvalue weighted by Crippen LogP contribution is -2.52. The highest BCUT2D eigenvalue weighted by Gasteiger charge is 2.34. The van der Waals surface area contributed by atoms with Crippen LogP contribution in [0, 0.1) is 17.8 Å². The molecule has 1 saturated carbocycles. The Morgan fingerprint density at radius 2 is 1.55 bits per heavy atom. The van der Waals surface area contributed by atoms with E-state index in [-0.39, 0.29) is 17.9 Å². The van der Waals surface area contributed by atoms with Gasteiger partial charge in [-0.1, -0.05) is 51.5 Å². The molecule has 2 aromatic carbocycles. The number of benzene rings is 2. The van der Waals surface area contributed by atoms with Gasteiger partial charge >= 0.3 is 0 Å². The molecule has 38 heavy (non-hydrogen) atoms.